The van der Waals surface area contributed by atoms with Crippen LogP contribution in [0.1, 0.15) is 52.7 Å². The molecule has 0 bridgehead atoms. The Morgan fingerprint density at radius 1 is 0.262 bits per heavy atom. The van der Waals surface area contributed by atoms with Gasteiger partial charge < -0.3 is 27.8 Å². The van der Waals surface area contributed by atoms with Crippen LogP contribution in [0.5, 0.6) is 0 Å². The minimum absolute atomic E-state index is 0.0245. The van der Waals surface area contributed by atoms with Crippen molar-refractivity contribution in [3.05, 3.63) is 266 Å². The molecule has 6 heteroatoms. The predicted molar refractivity (Wildman–Crippen MR) is 354 cm³/mol. The average Bonchev–Trinajstić information content (AvgIpc) is 2.15. The van der Waals surface area contributed by atoms with Crippen LogP contribution in [0.25, 0.3) is 110 Å². The van der Waals surface area contributed by atoms with Crippen LogP contribution in [0.15, 0.2) is 264 Å². The first-order valence-corrected chi connectivity index (χ1v) is 29.1. The van der Waals surface area contributed by atoms with Gasteiger partial charge in [0.15, 0.2) is 0 Å². The molecule has 0 aliphatic rings. The number of para-hydroxylation sites is 4. The van der Waals surface area contributed by atoms with E-state index in [0.29, 0.717) is 0 Å². The largest absolute Gasteiger partial charge is 0.455 e. The molecule has 0 saturated carbocycles. The minimum atomic E-state index is 0.0245. The van der Waals surface area contributed by atoms with Gasteiger partial charge in [0.2, 0.25) is 0 Å². The fourth-order valence-corrected chi connectivity index (χ4v) is 13.2. The van der Waals surface area contributed by atoms with Crippen molar-refractivity contribution in [3.63, 3.8) is 0 Å². The lowest BCUT2D eigenvalue weighted by Gasteiger charge is -2.25. The lowest BCUT2D eigenvalue weighted by molar-refractivity contribution is 0.589. The van der Waals surface area contributed by atoms with Crippen LogP contribution in [0.3, 0.4) is 0 Å². The highest BCUT2D eigenvalue weighted by atomic mass is 16.3. The Hall–Kier alpha value is -10.3. The van der Waals surface area contributed by atoms with Crippen molar-refractivity contribution < 1.29 is 8.83 Å². The van der Waals surface area contributed by atoms with Gasteiger partial charge in [-0.25, -0.2) is 0 Å². The molecule has 0 fully saturated rings. The van der Waals surface area contributed by atoms with E-state index in [1.54, 1.807) is 0 Å². The fourth-order valence-electron chi connectivity index (χ4n) is 13.2. The molecule has 6 nitrogen and oxygen atoms in total. The third-order valence-electron chi connectivity index (χ3n) is 17.4. The average molecular weight is 1090 g/mol. The molecule has 4 heterocycles. The van der Waals surface area contributed by atoms with Gasteiger partial charge >= 0.3 is 0 Å². The van der Waals surface area contributed by atoms with Crippen molar-refractivity contribution in [2.75, 3.05) is 9.80 Å². The lowest BCUT2D eigenvalue weighted by atomic mass is 9.87. The lowest BCUT2D eigenvalue weighted by Crippen LogP contribution is -2.11. The summed E-state index contributed by atoms with van der Waals surface area (Å²) in [4.78, 5) is 4.68. The van der Waals surface area contributed by atoms with E-state index < -0.39 is 0 Å². The second kappa shape index (κ2) is 18.6. The van der Waals surface area contributed by atoms with Gasteiger partial charge in [-0.1, -0.05) is 139 Å². The van der Waals surface area contributed by atoms with E-state index >= 15 is 0 Å². The van der Waals surface area contributed by atoms with Gasteiger partial charge in [-0.15, -0.1) is 0 Å². The van der Waals surface area contributed by atoms with Crippen LogP contribution in [0.4, 0.5) is 34.1 Å². The molecule has 16 rings (SSSR count). The highest BCUT2D eigenvalue weighted by Crippen LogP contribution is 2.47. The summed E-state index contributed by atoms with van der Waals surface area (Å²) in [5, 5.41) is 11.1. The summed E-state index contributed by atoms with van der Waals surface area (Å²) >= 11 is 0. The van der Waals surface area contributed by atoms with Crippen LogP contribution in [-0.4, -0.2) is 9.13 Å². The Labute approximate surface area is 487 Å². The summed E-state index contributed by atoms with van der Waals surface area (Å²) in [5.74, 6) is 0. The number of benzene rings is 12. The van der Waals surface area contributed by atoms with E-state index in [1.807, 2.05) is 0 Å². The summed E-state index contributed by atoms with van der Waals surface area (Å²) in [5.41, 5.74) is 19.3. The molecule has 0 radical (unpaired) electrons. The first-order chi connectivity index (χ1) is 40.9. The van der Waals surface area contributed by atoms with Crippen molar-refractivity contribution in [1.29, 1.82) is 0 Å². The second-order valence-corrected chi connectivity index (χ2v) is 24.6. The molecule has 0 aliphatic carbocycles. The molecule has 0 aliphatic heterocycles. The van der Waals surface area contributed by atoms with Crippen molar-refractivity contribution in [1.82, 2.24) is 9.13 Å². The quantitative estimate of drug-likeness (QED) is 0.152. The molecule has 0 N–H and O–H groups in total. The zero-order valence-corrected chi connectivity index (χ0v) is 47.9. The zero-order chi connectivity index (χ0) is 56.6. The molecular formula is C78H60N4O2. The van der Waals surface area contributed by atoms with Crippen molar-refractivity contribution in [2.24, 2.45) is 0 Å². The maximum atomic E-state index is 7.04. The Kier molecular flexibility index (Phi) is 11.0. The molecule has 0 atom stereocenters. The number of hydrogen-bond acceptors (Lipinski definition) is 4. The normalized spacial score (nSPS) is 12.4. The first kappa shape index (κ1) is 49.5. The van der Waals surface area contributed by atoms with E-state index in [4.69, 9.17) is 8.83 Å². The van der Waals surface area contributed by atoms with Gasteiger partial charge in [-0.2, -0.15) is 0 Å². The number of furan rings is 2. The smallest absolute Gasteiger partial charge is 0.143 e. The molecule has 0 saturated heterocycles. The number of hydrogen-bond donors (Lipinski definition) is 0. The summed E-state index contributed by atoms with van der Waals surface area (Å²) < 4.78 is 18.9. The zero-order valence-electron chi connectivity index (χ0n) is 47.9. The van der Waals surface area contributed by atoms with Crippen molar-refractivity contribution in [3.8, 4) is 11.4 Å². The maximum Gasteiger partial charge on any atom is 0.143 e. The van der Waals surface area contributed by atoms with Crippen LogP contribution in [0, 0.1) is 0 Å². The number of nitrogens with zero attached hydrogens (tertiary/aromatic N) is 4. The van der Waals surface area contributed by atoms with Gasteiger partial charge in [0.1, 0.15) is 22.3 Å². The minimum Gasteiger partial charge on any atom is -0.455 e. The molecule has 84 heavy (non-hydrogen) atoms. The second-order valence-electron chi connectivity index (χ2n) is 24.6. The van der Waals surface area contributed by atoms with Crippen LogP contribution in [0.2, 0.25) is 0 Å². The first-order valence-electron chi connectivity index (χ1n) is 29.1. The molecule has 16 aromatic rings. The van der Waals surface area contributed by atoms with E-state index in [1.165, 1.54) is 54.7 Å². The Bertz CT molecular complexity index is 4960. The number of fused-ring (bicyclic) bond motifs is 15. The molecule has 0 unspecified atom stereocenters. The van der Waals surface area contributed by atoms with Gasteiger partial charge in [-0.05, 0) is 168 Å². The topological polar surface area (TPSA) is 42.6 Å². The SMILES string of the molecule is CC(C)(C)c1cccc(-n2c3ccccc3c3cc(N(c4ccccc4)c4ccc5c(c4)oc4c5ccc5c4ccc4c6ccc(N(c7ccccc7)c7ccc8c(c7)c7ccccc7n8-c7cccc(C(C)(C)C)c7)cc6oc45)ccc32)c1. The van der Waals surface area contributed by atoms with Crippen LogP contribution >= 0.6 is 0 Å². The Morgan fingerprint density at radius 2 is 0.607 bits per heavy atom. The maximum absolute atomic E-state index is 7.04. The molecular weight excluding hydrogens is 1020 g/mol. The third kappa shape index (κ3) is 7.85. The third-order valence-corrected chi connectivity index (χ3v) is 17.4. The van der Waals surface area contributed by atoms with Crippen LogP contribution in [-0.2, 0) is 10.8 Å². The number of rotatable bonds is 8. The summed E-state index contributed by atoms with van der Waals surface area (Å²) in [7, 11) is 0. The number of aromatic nitrogens is 2. The molecule has 0 spiro atoms. The number of anilines is 6. The van der Waals surface area contributed by atoms with Gasteiger partial charge in [-0.3, -0.25) is 0 Å². The molecule has 404 valence electrons. The monoisotopic (exact) mass is 1080 g/mol. The molecule has 4 aromatic heterocycles. The van der Waals surface area contributed by atoms with E-state index in [-0.39, 0.29) is 10.8 Å². The molecule has 0 amide bonds. The fraction of sp³-hybridized carbons (Fsp3) is 0.103. The van der Waals surface area contributed by atoms with Crippen LogP contribution < -0.4 is 9.80 Å². The summed E-state index contributed by atoms with van der Waals surface area (Å²) in [6.45, 7) is 13.7. The van der Waals surface area contributed by atoms with Gasteiger partial charge in [0.05, 0.1) is 22.1 Å². The van der Waals surface area contributed by atoms with E-state index in [9.17, 15) is 0 Å². The highest BCUT2D eigenvalue weighted by molar-refractivity contribution is 6.23. The highest BCUT2D eigenvalue weighted by Gasteiger charge is 2.24. The van der Waals surface area contributed by atoms with Crippen molar-refractivity contribution >= 4 is 132 Å². The Balaban J connectivity index is 0.791. The van der Waals surface area contributed by atoms with E-state index in [2.05, 4.69) is 315 Å². The van der Waals surface area contributed by atoms with E-state index in [0.717, 1.165) is 100 Å². The van der Waals surface area contributed by atoms with Gasteiger partial charge in [0, 0.05) is 111 Å². The summed E-state index contributed by atoms with van der Waals surface area (Å²) in [6, 6.07) is 92.6. The van der Waals surface area contributed by atoms with Crippen molar-refractivity contribution in [2.45, 2.75) is 52.4 Å². The predicted octanol–water partition coefficient (Wildman–Crippen LogP) is 22.4. The summed E-state index contributed by atoms with van der Waals surface area (Å²) in [6.07, 6.45) is 0. The standard InChI is InChI=1S/C78H60N4O2/c1-77(2,3)49-19-17-25-53(43-49)81-69-29-15-13-27-59(69)67-45-55(33-41-71(67)81)79(51-21-9-7-10-22-51)57-31-35-61-63-37-39-66-65(75(63)83-73(61)47-57)40-38-64-62-36-32-58(48-74(62)84-76(64)66)80(52-23-11-8-12-24-52)56-34-42-72-68(46-56)60-28-14-16-30-70(60)82(72)54-26-18-20-50(44-54)78(4,5)6/h7-48H,1-6H3. The van der Waals surface area contributed by atoms with Gasteiger partial charge in [0.25, 0.3) is 0 Å². The molecule has 12 aromatic carbocycles. The Morgan fingerprint density at radius 3 is 1.02 bits per heavy atom.